The van der Waals surface area contributed by atoms with E-state index in [0.29, 0.717) is 5.52 Å². The molecule has 0 saturated carbocycles. The highest BCUT2D eigenvalue weighted by molar-refractivity contribution is 5.72. The van der Waals surface area contributed by atoms with Crippen LogP contribution in [0.5, 0.6) is 11.5 Å². The van der Waals surface area contributed by atoms with Gasteiger partial charge in [-0.3, -0.25) is 0 Å². The first kappa shape index (κ1) is 15.5. The van der Waals surface area contributed by atoms with Crippen LogP contribution >= 0.6 is 0 Å². The zero-order valence-corrected chi connectivity index (χ0v) is 12.7. The Hall–Kier alpha value is -3.41. The van der Waals surface area contributed by atoms with Crippen molar-refractivity contribution in [1.82, 2.24) is 19.6 Å². The number of methoxy groups -OCH3 is 2. The molecule has 0 fully saturated rings. The lowest BCUT2D eigenvalue weighted by atomic mass is 10.1. The Kier molecular flexibility index (Phi) is 3.87. The predicted octanol–water partition coefficient (Wildman–Crippen LogP) is 1.40. The van der Waals surface area contributed by atoms with Crippen molar-refractivity contribution in [1.29, 1.82) is 0 Å². The molecule has 0 unspecified atom stereocenters. The zero-order chi connectivity index (χ0) is 17.3. The summed E-state index contributed by atoms with van der Waals surface area (Å²) in [6.07, 6.45) is 2.63. The SMILES string of the molecule is COc1cc(OC)c(F)c(C#Cc2ncn3ncnc(N)c23)c1F. The van der Waals surface area contributed by atoms with Crippen LogP contribution < -0.4 is 15.2 Å². The number of halogens is 2. The highest BCUT2D eigenvalue weighted by Gasteiger charge is 2.18. The minimum Gasteiger partial charge on any atom is -0.493 e. The molecule has 0 spiro atoms. The number of imidazole rings is 1. The summed E-state index contributed by atoms with van der Waals surface area (Å²) in [7, 11) is 2.52. The van der Waals surface area contributed by atoms with E-state index in [4.69, 9.17) is 15.2 Å². The van der Waals surface area contributed by atoms with Crippen molar-refractivity contribution in [2.75, 3.05) is 20.0 Å². The Labute approximate surface area is 135 Å². The number of nitrogen functional groups attached to an aromatic ring is 1. The van der Waals surface area contributed by atoms with Crippen LogP contribution in [0.3, 0.4) is 0 Å². The number of nitrogens with zero attached hydrogens (tertiary/aromatic N) is 4. The molecule has 9 heteroatoms. The molecule has 3 rings (SSSR count). The summed E-state index contributed by atoms with van der Waals surface area (Å²) in [6.45, 7) is 0. The van der Waals surface area contributed by atoms with Crippen LogP contribution in [0, 0.1) is 23.5 Å². The Bertz CT molecular complexity index is 963. The molecule has 0 radical (unpaired) electrons. The number of ether oxygens (including phenoxy) is 2. The standard InChI is InChI=1S/C15H11F2N5O2/c1-23-10-5-11(24-2)13(17)8(12(10)16)3-4-9-14-15(18)19-6-21-22(14)7-20-9/h5-7H,1-2H3,(H2,18,19,21). The van der Waals surface area contributed by atoms with E-state index >= 15 is 0 Å². The number of rotatable bonds is 2. The van der Waals surface area contributed by atoms with Crippen molar-refractivity contribution in [3.05, 3.63) is 41.6 Å². The summed E-state index contributed by atoms with van der Waals surface area (Å²) in [6, 6.07) is 1.10. The third-order valence-corrected chi connectivity index (χ3v) is 3.24. The Balaban J connectivity index is 2.17. The molecule has 122 valence electrons. The van der Waals surface area contributed by atoms with Gasteiger partial charge in [-0.1, -0.05) is 5.92 Å². The van der Waals surface area contributed by atoms with Crippen LogP contribution in [0.4, 0.5) is 14.6 Å². The average molecular weight is 331 g/mol. The Morgan fingerprint density at radius 2 is 1.75 bits per heavy atom. The molecule has 0 aliphatic carbocycles. The molecule has 0 atom stereocenters. The van der Waals surface area contributed by atoms with E-state index in [0.717, 1.165) is 6.07 Å². The molecule has 0 aliphatic heterocycles. The first-order valence-electron chi connectivity index (χ1n) is 6.62. The van der Waals surface area contributed by atoms with Gasteiger partial charge >= 0.3 is 0 Å². The van der Waals surface area contributed by atoms with Crippen molar-refractivity contribution in [2.45, 2.75) is 0 Å². The predicted molar refractivity (Wildman–Crippen MR) is 80.6 cm³/mol. The van der Waals surface area contributed by atoms with E-state index in [1.165, 1.54) is 31.4 Å². The summed E-state index contributed by atoms with van der Waals surface area (Å²) in [5.41, 5.74) is 5.79. The molecular weight excluding hydrogens is 320 g/mol. The lowest BCUT2D eigenvalue weighted by Crippen LogP contribution is -2.00. The maximum Gasteiger partial charge on any atom is 0.183 e. The number of anilines is 1. The number of benzene rings is 1. The van der Waals surface area contributed by atoms with Crippen LogP contribution in [0.1, 0.15) is 11.3 Å². The second kappa shape index (κ2) is 6.00. The van der Waals surface area contributed by atoms with Gasteiger partial charge in [-0.15, -0.1) is 0 Å². The van der Waals surface area contributed by atoms with Gasteiger partial charge < -0.3 is 15.2 Å². The number of hydrogen-bond acceptors (Lipinski definition) is 6. The minimum absolute atomic E-state index is 0.149. The van der Waals surface area contributed by atoms with E-state index in [1.54, 1.807) is 0 Å². The molecule has 24 heavy (non-hydrogen) atoms. The van der Waals surface area contributed by atoms with E-state index in [-0.39, 0.29) is 23.0 Å². The third-order valence-electron chi connectivity index (χ3n) is 3.24. The molecule has 0 aliphatic rings. The summed E-state index contributed by atoms with van der Waals surface area (Å²) >= 11 is 0. The summed E-state index contributed by atoms with van der Waals surface area (Å²) in [5, 5.41) is 3.91. The lowest BCUT2D eigenvalue weighted by Gasteiger charge is -2.08. The molecule has 7 nitrogen and oxygen atoms in total. The molecule has 1 aromatic carbocycles. The summed E-state index contributed by atoms with van der Waals surface area (Å²) < 4.78 is 39.6. The van der Waals surface area contributed by atoms with E-state index in [9.17, 15) is 8.78 Å². The normalized spacial score (nSPS) is 10.3. The minimum atomic E-state index is -0.934. The average Bonchev–Trinajstić information content (AvgIpc) is 3.00. The zero-order valence-electron chi connectivity index (χ0n) is 12.7. The second-order valence-corrected chi connectivity index (χ2v) is 4.57. The number of fused-ring (bicyclic) bond motifs is 1. The number of aromatic nitrogens is 4. The number of hydrogen-bond donors (Lipinski definition) is 1. The lowest BCUT2D eigenvalue weighted by molar-refractivity contribution is 0.357. The molecule has 3 aromatic rings. The van der Waals surface area contributed by atoms with E-state index in [2.05, 4.69) is 26.9 Å². The van der Waals surface area contributed by atoms with E-state index in [1.807, 2.05) is 0 Å². The summed E-state index contributed by atoms with van der Waals surface area (Å²) in [5.74, 6) is 2.89. The van der Waals surface area contributed by atoms with E-state index < -0.39 is 17.2 Å². The highest BCUT2D eigenvalue weighted by Crippen LogP contribution is 2.30. The largest absolute Gasteiger partial charge is 0.493 e. The van der Waals surface area contributed by atoms with Crippen molar-refractivity contribution in [3.8, 4) is 23.3 Å². The molecule has 0 saturated heterocycles. The van der Waals surface area contributed by atoms with Gasteiger partial charge in [-0.25, -0.2) is 23.3 Å². The van der Waals surface area contributed by atoms with Gasteiger partial charge in [0.1, 0.15) is 29.4 Å². The van der Waals surface area contributed by atoms with Gasteiger partial charge in [0.15, 0.2) is 29.0 Å². The number of nitrogens with two attached hydrogens (primary N) is 1. The van der Waals surface area contributed by atoms with Gasteiger partial charge in [0.2, 0.25) is 0 Å². The molecule has 0 amide bonds. The quantitative estimate of drug-likeness (QED) is 0.714. The fourth-order valence-electron chi connectivity index (χ4n) is 2.08. The van der Waals surface area contributed by atoms with Crippen LogP contribution in [-0.4, -0.2) is 33.8 Å². The molecular formula is C15H11F2N5O2. The second-order valence-electron chi connectivity index (χ2n) is 4.57. The Morgan fingerprint density at radius 3 is 2.38 bits per heavy atom. The van der Waals surface area contributed by atoms with Crippen LogP contribution in [0.15, 0.2) is 18.7 Å². The highest BCUT2D eigenvalue weighted by atomic mass is 19.1. The van der Waals surface area contributed by atoms with Crippen LogP contribution in [0.2, 0.25) is 0 Å². The van der Waals surface area contributed by atoms with Crippen LogP contribution in [0.25, 0.3) is 5.52 Å². The van der Waals surface area contributed by atoms with Gasteiger partial charge in [-0.05, 0) is 5.92 Å². The summed E-state index contributed by atoms with van der Waals surface area (Å²) in [4.78, 5) is 7.85. The Morgan fingerprint density at radius 1 is 1.08 bits per heavy atom. The first-order chi connectivity index (χ1) is 11.6. The first-order valence-corrected chi connectivity index (χ1v) is 6.62. The maximum atomic E-state index is 14.3. The van der Waals surface area contributed by atoms with Gasteiger partial charge in [0.25, 0.3) is 0 Å². The molecule has 2 N–H and O–H groups in total. The smallest absolute Gasteiger partial charge is 0.183 e. The van der Waals surface area contributed by atoms with Crippen LogP contribution in [-0.2, 0) is 0 Å². The third kappa shape index (κ3) is 2.44. The van der Waals surface area contributed by atoms with Crippen molar-refractivity contribution < 1.29 is 18.3 Å². The van der Waals surface area contributed by atoms with Gasteiger partial charge in [-0.2, -0.15) is 5.10 Å². The molecule has 0 bridgehead atoms. The van der Waals surface area contributed by atoms with Gasteiger partial charge in [0.05, 0.1) is 14.2 Å². The maximum absolute atomic E-state index is 14.3. The fourth-order valence-corrected chi connectivity index (χ4v) is 2.08. The monoisotopic (exact) mass is 331 g/mol. The fraction of sp³-hybridized carbons (Fsp3) is 0.133. The van der Waals surface area contributed by atoms with Crippen molar-refractivity contribution >= 4 is 11.3 Å². The molecule has 2 heterocycles. The van der Waals surface area contributed by atoms with Crippen molar-refractivity contribution in [3.63, 3.8) is 0 Å². The molecule has 2 aromatic heterocycles. The van der Waals surface area contributed by atoms with Crippen molar-refractivity contribution in [2.24, 2.45) is 0 Å². The van der Waals surface area contributed by atoms with Gasteiger partial charge in [0, 0.05) is 6.07 Å². The topological polar surface area (TPSA) is 87.6 Å².